The largest absolute Gasteiger partial charge is 0.481 e. The number of carbonyl (C=O) groups is 2. The Kier molecular flexibility index (Phi) is 4.32. The Labute approximate surface area is 114 Å². The third kappa shape index (κ3) is 3.31. The summed E-state index contributed by atoms with van der Waals surface area (Å²) in [7, 11) is 0. The van der Waals surface area contributed by atoms with Crippen molar-refractivity contribution in [2.45, 2.75) is 31.7 Å². The first-order valence-electron chi connectivity index (χ1n) is 6.43. The molecule has 2 atom stereocenters. The van der Waals surface area contributed by atoms with Gasteiger partial charge in [-0.3, -0.25) is 9.59 Å². The molecule has 2 rings (SSSR count). The summed E-state index contributed by atoms with van der Waals surface area (Å²) in [6.45, 7) is 0. The maximum absolute atomic E-state index is 13.4. The molecule has 0 spiro atoms. The van der Waals surface area contributed by atoms with E-state index in [1.807, 2.05) is 0 Å². The van der Waals surface area contributed by atoms with Crippen molar-refractivity contribution >= 4 is 11.9 Å². The second-order valence-corrected chi connectivity index (χ2v) is 4.96. The molecule has 20 heavy (non-hydrogen) atoms. The van der Waals surface area contributed by atoms with Crippen LogP contribution >= 0.6 is 0 Å². The fraction of sp³-hybridized carbons (Fsp3) is 0.429. The predicted octanol–water partition coefficient (Wildman–Crippen LogP) is 1.88. The van der Waals surface area contributed by atoms with Crippen molar-refractivity contribution in [2.75, 3.05) is 0 Å². The summed E-state index contributed by atoms with van der Waals surface area (Å²) in [6.07, 6.45) is 1.65. The Morgan fingerprint density at radius 3 is 2.70 bits per heavy atom. The molecule has 0 bridgehead atoms. The number of rotatable bonds is 4. The number of hydrogen-bond donors (Lipinski definition) is 2. The van der Waals surface area contributed by atoms with E-state index in [1.54, 1.807) is 0 Å². The molecule has 0 aliphatic heterocycles. The molecule has 1 saturated carbocycles. The average Bonchev–Trinajstić information content (AvgIpc) is 2.81. The van der Waals surface area contributed by atoms with Gasteiger partial charge in [0.1, 0.15) is 11.6 Å². The van der Waals surface area contributed by atoms with Crippen LogP contribution in [0, 0.1) is 17.6 Å². The van der Waals surface area contributed by atoms with Crippen molar-refractivity contribution in [3.8, 4) is 0 Å². The zero-order valence-corrected chi connectivity index (χ0v) is 10.7. The second-order valence-electron chi connectivity index (χ2n) is 4.96. The van der Waals surface area contributed by atoms with E-state index >= 15 is 0 Å². The maximum Gasteiger partial charge on any atom is 0.308 e. The fourth-order valence-corrected chi connectivity index (χ4v) is 2.52. The predicted molar refractivity (Wildman–Crippen MR) is 67.0 cm³/mol. The van der Waals surface area contributed by atoms with Gasteiger partial charge in [0.05, 0.1) is 12.3 Å². The minimum atomic E-state index is -0.930. The molecule has 1 amide bonds. The van der Waals surface area contributed by atoms with Crippen molar-refractivity contribution in [3.63, 3.8) is 0 Å². The molecule has 1 aliphatic rings. The van der Waals surface area contributed by atoms with Crippen LogP contribution in [0.15, 0.2) is 18.2 Å². The summed E-state index contributed by atoms with van der Waals surface area (Å²) in [5, 5.41) is 11.6. The molecular formula is C14H15F2NO3. The number of nitrogens with one attached hydrogen (secondary N) is 1. The Balaban J connectivity index is 1.97. The minimum absolute atomic E-state index is 0.0915. The number of carboxylic acid groups (broad SMARTS) is 1. The smallest absolute Gasteiger partial charge is 0.308 e. The molecule has 2 N–H and O–H groups in total. The van der Waals surface area contributed by atoms with Crippen LogP contribution in [0.1, 0.15) is 24.8 Å². The normalized spacial score (nSPS) is 21.7. The summed E-state index contributed by atoms with van der Waals surface area (Å²) >= 11 is 0. The third-order valence-corrected chi connectivity index (χ3v) is 3.55. The molecule has 1 aliphatic carbocycles. The van der Waals surface area contributed by atoms with Crippen molar-refractivity contribution in [1.82, 2.24) is 5.32 Å². The van der Waals surface area contributed by atoms with Crippen LogP contribution in [-0.4, -0.2) is 23.0 Å². The number of benzene rings is 1. The van der Waals surface area contributed by atoms with Gasteiger partial charge in [-0.2, -0.15) is 0 Å². The molecular weight excluding hydrogens is 268 g/mol. The quantitative estimate of drug-likeness (QED) is 0.886. The van der Waals surface area contributed by atoms with Gasteiger partial charge in [-0.1, -0.05) is 12.5 Å². The number of carbonyl (C=O) groups excluding carboxylic acids is 1. The summed E-state index contributed by atoms with van der Waals surface area (Å²) in [4.78, 5) is 22.8. The third-order valence-electron chi connectivity index (χ3n) is 3.55. The van der Waals surface area contributed by atoms with Crippen LogP contribution in [-0.2, 0) is 16.0 Å². The molecule has 0 unspecified atom stereocenters. The maximum atomic E-state index is 13.4. The lowest BCUT2D eigenvalue weighted by Gasteiger charge is -2.17. The lowest BCUT2D eigenvalue weighted by molar-refractivity contribution is -0.142. The van der Waals surface area contributed by atoms with Gasteiger partial charge in [0.2, 0.25) is 5.91 Å². The first-order chi connectivity index (χ1) is 9.47. The number of carboxylic acids is 1. The Morgan fingerprint density at radius 1 is 1.30 bits per heavy atom. The topological polar surface area (TPSA) is 66.4 Å². The van der Waals surface area contributed by atoms with Gasteiger partial charge >= 0.3 is 5.97 Å². The van der Waals surface area contributed by atoms with Gasteiger partial charge in [-0.05, 0) is 24.5 Å². The van der Waals surface area contributed by atoms with E-state index in [4.69, 9.17) is 5.11 Å². The van der Waals surface area contributed by atoms with Crippen LogP contribution in [0.3, 0.4) is 0 Å². The number of halogens is 2. The molecule has 6 heteroatoms. The summed E-state index contributed by atoms with van der Waals surface area (Å²) in [5.74, 6) is -3.44. The van der Waals surface area contributed by atoms with E-state index < -0.39 is 35.5 Å². The molecule has 0 heterocycles. The molecule has 1 aromatic carbocycles. The fourth-order valence-electron chi connectivity index (χ4n) is 2.52. The van der Waals surface area contributed by atoms with Crippen LogP contribution in [0.4, 0.5) is 8.78 Å². The first-order valence-corrected chi connectivity index (χ1v) is 6.43. The van der Waals surface area contributed by atoms with Crippen molar-refractivity contribution in [3.05, 3.63) is 35.4 Å². The lowest BCUT2D eigenvalue weighted by Crippen LogP contribution is -2.40. The van der Waals surface area contributed by atoms with E-state index in [1.165, 1.54) is 6.07 Å². The molecule has 1 aromatic rings. The summed E-state index contributed by atoms with van der Waals surface area (Å²) < 4.78 is 26.2. The number of amides is 1. The number of aliphatic carboxylic acids is 1. The highest BCUT2D eigenvalue weighted by molar-refractivity contribution is 5.80. The molecule has 1 fully saturated rings. The Hall–Kier alpha value is -1.98. The Bertz CT molecular complexity index is 533. The van der Waals surface area contributed by atoms with Crippen molar-refractivity contribution < 1.29 is 23.5 Å². The highest BCUT2D eigenvalue weighted by Crippen LogP contribution is 2.25. The monoisotopic (exact) mass is 283 g/mol. The average molecular weight is 283 g/mol. The zero-order chi connectivity index (χ0) is 14.7. The summed E-state index contributed by atoms with van der Waals surface area (Å²) in [5.41, 5.74) is 0.0915. The molecule has 4 nitrogen and oxygen atoms in total. The summed E-state index contributed by atoms with van der Waals surface area (Å²) in [6, 6.07) is 2.61. The SMILES string of the molecule is O=C(Cc1ccc(F)cc1F)N[C@H]1CCC[C@H]1C(=O)O. The molecule has 0 aromatic heterocycles. The second kappa shape index (κ2) is 5.98. The van der Waals surface area contributed by atoms with Crippen LogP contribution < -0.4 is 5.32 Å². The highest BCUT2D eigenvalue weighted by Gasteiger charge is 2.33. The molecule has 0 radical (unpaired) electrons. The van der Waals surface area contributed by atoms with Crippen LogP contribution in [0.5, 0.6) is 0 Å². The Morgan fingerprint density at radius 2 is 2.05 bits per heavy atom. The number of hydrogen-bond acceptors (Lipinski definition) is 2. The van der Waals surface area contributed by atoms with Gasteiger partial charge in [0, 0.05) is 12.1 Å². The van der Waals surface area contributed by atoms with Gasteiger partial charge in [-0.15, -0.1) is 0 Å². The van der Waals surface area contributed by atoms with Gasteiger partial charge < -0.3 is 10.4 Å². The highest BCUT2D eigenvalue weighted by atomic mass is 19.1. The van der Waals surface area contributed by atoms with Gasteiger partial charge in [0.25, 0.3) is 0 Å². The molecule has 0 saturated heterocycles. The van der Waals surface area contributed by atoms with Crippen LogP contribution in [0.25, 0.3) is 0 Å². The van der Waals surface area contributed by atoms with Crippen molar-refractivity contribution in [1.29, 1.82) is 0 Å². The van der Waals surface area contributed by atoms with E-state index in [9.17, 15) is 18.4 Å². The molecule has 108 valence electrons. The van der Waals surface area contributed by atoms with E-state index in [2.05, 4.69) is 5.32 Å². The standard InChI is InChI=1S/C14H15F2NO3/c15-9-5-4-8(11(16)7-9)6-13(18)17-12-3-1-2-10(12)14(19)20/h4-5,7,10,12H,1-3,6H2,(H,17,18)(H,19,20)/t10-,12+/m1/s1. The van der Waals surface area contributed by atoms with Crippen molar-refractivity contribution in [2.24, 2.45) is 5.92 Å². The van der Waals surface area contributed by atoms with Gasteiger partial charge in [-0.25, -0.2) is 8.78 Å². The van der Waals surface area contributed by atoms with Gasteiger partial charge in [0.15, 0.2) is 0 Å². The lowest BCUT2D eigenvalue weighted by atomic mass is 10.0. The first kappa shape index (κ1) is 14.4. The van der Waals surface area contributed by atoms with E-state index in [-0.39, 0.29) is 12.0 Å². The van der Waals surface area contributed by atoms with E-state index in [0.717, 1.165) is 18.6 Å². The van der Waals surface area contributed by atoms with E-state index in [0.29, 0.717) is 12.8 Å². The zero-order valence-electron chi connectivity index (χ0n) is 10.7. The van der Waals surface area contributed by atoms with Crippen LogP contribution in [0.2, 0.25) is 0 Å². The minimum Gasteiger partial charge on any atom is -0.481 e.